The van der Waals surface area contributed by atoms with Crippen molar-refractivity contribution >= 4 is 11.9 Å². The van der Waals surface area contributed by atoms with Crippen LogP contribution in [-0.2, 0) is 9.53 Å². The summed E-state index contributed by atoms with van der Waals surface area (Å²) in [6.07, 6.45) is 2.14. The fourth-order valence-corrected chi connectivity index (χ4v) is 1.94. The van der Waals surface area contributed by atoms with Crippen LogP contribution in [0.1, 0.15) is 19.8 Å². The van der Waals surface area contributed by atoms with Gasteiger partial charge in [0.05, 0.1) is 12.1 Å². The molecule has 0 aliphatic carbocycles. The van der Waals surface area contributed by atoms with Gasteiger partial charge in [0, 0.05) is 27.2 Å². The summed E-state index contributed by atoms with van der Waals surface area (Å²) in [5.74, 6) is -0.264. The third-order valence-electron chi connectivity index (χ3n) is 3.20. The standard InChI is InChI=1S/C11H21N3O3/c1-8(10(15)13-11(16)12-2)14-6-4-9(17-3)5-7-14/h8-9H,4-7H2,1-3H3,(H2,12,13,15,16). The van der Waals surface area contributed by atoms with E-state index in [1.54, 1.807) is 7.11 Å². The highest BCUT2D eigenvalue weighted by Gasteiger charge is 2.27. The van der Waals surface area contributed by atoms with Crippen LogP contribution in [0.3, 0.4) is 0 Å². The molecule has 1 atom stereocenters. The van der Waals surface area contributed by atoms with Crippen molar-refractivity contribution in [2.75, 3.05) is 27.2 Å². The average Bonchev–Trinajstić information content (AvgIpc) is 2.37. The summed E-state index contributed by atoms with van der Waals surface area (Å²) in [6, 6.07) is -0.751. The molecule has 1 fully saturated rings. The maximum absolute atomic E-state index is 11.7. The molecule has 2 N–H and O–H groups in total. The van der Waals surface area contributed by atoms with Crippen LogP contribution in [0.25, 0.3) is 0 Å². The number of imide groups is 1. The average molecular weight is 243 g/mol. The van der Waals surface area contributed by atoms with Gasteiger partial charge in [0.2, 0.25) is 5.91 Å². The Bertz CT molecular complexity index is 275. The normalized spacial score (nSPS) is 19.7. The molecule has 1 rings (SSSR count). The van der Waals surface area contributed by atoms with Crippen LogP contribution < -0.4 is 10.6 Å². The SMILES string of the molecule is CNC(=O)NC(=O)C(C)N1CCC(OC)CC1. The Morgan fingerprint density at radius 1 is 1.35 bits per heavy atom. The van der Waals surface area contributed by atoms with Gasteiger partial charge in [-0.2, -0.15) is 0 Å². The van der Waals surface area contributed by atoms with E-state index in [0.717, 1.165) is 25.9 Å². The summed E-state index contributed by atoms with van der Waals surface area (Å²) in [5, 5.41) is 4.65. The Hall–Kier alpha value is -1.14. The molecular weight excluding hydrogens is 222 g/mol. The zero-order valence-electron chi connectivity index (χ0n) is 10.7. The largest absolute Gasteiger partial charge is 0.381 e. The molecule has 1 aliphatic heterocycles. The summed E-state index contributed by atoms with van der Waals surface area (Å²) in [4.78, 5) is 24.8. The lowest BCUT2D eigenvalue weighted by atomic mass is 10.1. The third-order valence-corrected chi connectivity index (χ3v) is 3.20. The molecule has 1 unspecified atom stereocenters. The van der Waals surface area contributed by atoms with Crippen molar-refractivity contribution in [2.45, 2.75) is 31.9 Å². The van der Waals surface area contributed by atoms with Crippen LogP contribution in [0.5, 0.6) is 0 Å². The Morgan fingerprint density at radius 2 is 1.94 bits per heavy atom. The number of urea groups is 1. The van der Waals surface area contributed by atoms with Gasteiger partial charge in [-0.25, -0.2) is 4.79 Å². The maximum atomic E-state index is 11.7. The fourth-order valence-electron chi connectivity index (χ4n) is 1.94. The Balaban J connectivity index is 2.40. The molecule has 0 aromatic carbocycles. The quantitative estimate of drug-likeness (QED) is 0.728. The number of nitrogens with zero attached hydrogens (tertiary/aromatic N) is 1. The van der Waals surface area contributed by atoms with Crippen molar-refractivity contribution < 1.29 is 14.3 Å². The second-order valence-corrected chi connectivity index (χ2v) is 4.22. The van der Waals surface area contributed by atoms with E-state index in [9.17, 15) is 9.59 Å². The highest BCUT2D eigenvalue weighted by Crippen LogP contribution is 2.15. The Morgan fingerprint density at radius 3 is 2.41 bits per heavy atom. The van der Waals surface area contributed by atoms with Crippen molar-refractivity contribution in [3.05, 3.63) is 0 Å². The van der Waals surface area contributed by atoms with Crippen molar-refractivity contribution in [1.29, 1.82) is 0 Å². The smallest absolute Gasteiger partial charge is 0.321 e. The molecule has 0 saturated carbocycles. The van der Waals surface area contributed by atoms with Gasteiger partial charge in [0.25, 0.3) is 0 Å². The molecule has 0 aromatic heterocycles. The van der Waals surface area contributed by atoms with Crippen LogP contribution >= 0.6 is 0 Å². The van der Waals surface area contributed by atoms with Crippen LogP contribution in [0, 0.1) is 0 Å². The number of hydrogen-bond acceptors (Lipinski definition) is 4. The minimum absolute atomic E-state index is 0.264. The molecule has 1 aliphatic rings. The lowest BCUT2D eigenvalue weighted by Gasteiger charge is -2.34. The second-order valence-electron chi connectivity index (χ2n) is 4.22. The van der Waals surface area contributed by atoms with E-state index in [2.05, 4.69) is 15.5 Å². The highest BCUT2D eigenvalue weighted by molar-refractivity contribution is 5.96. The van der Waals surface area contributed by atoms with Crippen LogP contribution in [0.2, 0.25) is 0 Å². The molecule has 0 radical (unpaired) electrons. The molecular formula is C11H21N3O3. The molecule has 6 heteroatoms. The summed E-state index contributed by atoms with van der Waals surface area (Å²) in [6.45, 7) is 3.45. The van der Waals surface area contributed by atoms with Gasteiger partial charge in [0.1, 0.15) is 0 Å². The molecule has 3 amide bonds. The summed E-state index contributed by atoms with van der Waals surface area (Å²) >= 11 is 0. The first-order valence-corrected chi connectivity index (χ1v) is 5.88. The monoisotopic (exact) mass is 243 g/mol. The minimum atomic E-state index is -0.464. The molecule has 98 valence electrons. The molecule has 6 nitrogen and oxygen atoms in total. The summed E-state index contributed by atoms with van der Waals surface area (Å²) in [5.41, 5.74) is 0. The van der Waals surface area contributed by atoms with Gasteiger partial charge in [-0.1, -0.05) is 0 Å². The van der Waals surface area contributed by atoms with Crippen molar-refractivity contribution in [3.8, 4) is 0 Å². The van der Waals surface area contributed by atoms with Crippen LogP contribution in [0.15, 0.2) is 0 Å². The van der Waals surface area contributed by atoms with Crippen molar-refractivity contribution in [2.24, 2.45) is 0 Å². The van der Waals surface area contributed by atoms with Gasteiger partial charge in [-0.05, 0) is 19.8 Å². The Kier molecular flexibility index (Phi) is 5.37. The van der Waals surface area contributed by atoms with E-state index < -0.39 is 6.03 Å². The number of carbonyl (C=O) groups is 2. The summed E-state index contributed by atoms with van der Waals surface area (Å²) in [7, 11) is 3.19. The van der Waals surface area contributed by atoms with E-state index in [-0.39, 0.29) is 11.9 Å². The first kappa shape index (κ1) is 13.9. The highest BCUT2D eigenvalue weighted by atomic mass is 16.5. The number of hydrogen-bond donors (Lipinski definition) is 2. The first-order valence-electron chi connectivity index (χ1n) is 5.88. The third kappa shape index (κ3) is 3.98. The van der Waals surface area contributed by atoms with E-state index in [1.165, 1.54) is 7.05 Å². The fraction of sp³-hybridized carbons (Fsp3) is 0.818. The molecule has 17 heavy (non-hydrogen) atoms. The zero-order valence-corrected chi connectivity index (χ0v) is 10.7. The van der Waals surface area contributed by atoms with Crippen LogP contribution in [0.4, 0.5) is 4.79 Å². The van der Waals surface area contributed by atoms with Crippen molar-refractivity contribution in [1.82, 2.24) is 15.5 Å². The predicted octanol–water partition coefficient (Wildman–Crippen LogP) is -0.0587. The number of piperidine rings is 1. The number of carbonyl (C=O) groups excluding carboxylic acids is 2. The van der Waals surface area contributed by atoms with E-state index in [0.29, 0.717) is 6.10 Å². The minimum Gasteiger partial charge on any atom is -0.381 e. The molecule has 0 bridgehead atoms. The topological polar surface area (TPSA) is 70.7 Å². The number of amides is 3. The predicted molar refractivity (Wildman–Crippen MR) is 63.7 cm³/mol. The molecule has 0 spiro atoms. The molecule has 0 aromatic rings. The maximum Gasteiger partial charge on any atom is 0.321 e. The molecule has 1 heterocycles. The second kappa shape index (κ2) is 6.56. The number of rotatable bonds is 3. The Labute approximate surface area is 102 Å². The lowest BCUT2D eigenvalue weighted by molar-refractivity contribution is -0.125. The summed E-state index contributed by atoms with van der Waals surface area (Å²) < 4.78 is 5.27. The van der Waals surface area contributed by atoms with Crippen molar-refractivity contribution in [3.63, 3.8) is 0 Å². The van der Waals surface area contributed by atoms with E-state index in [4.69, 9.17) is 4.74 Å². The van der Waals surface area contributed by atoms with Gasteiger partial charge in [-0.3, -0.25) is 15.0 Å². The van der Waals surface area contributed by atoms with Gasteiger partial charge in [0.15, 0.2) is 0 Å². The number of likely N-dealkylation sites (tertiary alicyclic amines) is 1. The number of nitrogens with one attached hydrogen (secondary N) is 2. The van der Waals surface area contributed by atoms with Crippen LogP contribution in [-0.4, -0.2) is 56.2 Å². The van der Waals surface area contributed by atoms with Gasteiger partial charge in [-0.15, -0.1) is 0 Å². The number of methoxy groups -OCH3 is 1. The van der Waals surface area contributed by atoms with Gasteiger partial charge < -0.3 is 10.1 Å². The number of ether oxygens (including phenoxy) is 1. The van der Waals surface area contributed by atoms with Gasteiger partial charge >= 0.3 is 6.03 Å². The lowest BCUT2D eigenvalue weighted by Crippen LogP contribution is -2.51. The van der Waals surface area contributed by atoms with E-state index in [1.807, 2.05) is 6.92 Å². The first-order chi connectivity index (χ1) is 8.08. The van der Waals surface area contributed by atoms with E-state index >= 15 is 0 Å². The molecule has 1 saturated heterocycles. The zero-order chi connectivity index (χ0) is 12.8.